The van der Waals surface area contributed by atoms with E-state index in [1.54, 1.807) is 12.1 Å². The molecule has 35 heavy (non-hydrogen) atoms. The number of alkyl halides is 2. The molecular formula is C25H25F2O6S2+. The highest BCUT2D eigenvalue weighted by atomic mass is 32.2. The zero-order chi connectivity index (χ0) is 25.1. The molecule has 0 radical (unpaired) electrons. The van der Waals surface area contributed by atoms with Crippen LogP contribution in [-0.2, 0) is 30.5 Å². The van der Waals surface area contributed by atoms with Gasteiger partial charge in [0.15, 0.2) is 27.1 Å². The Morgan fingerprint density at radius 1 is 0.914 bits per heavy atom. The van der Waals surface area contributed by atoms with Crippen LogP contribution in [0.25, 0.3) is 0 Å². The van der Waals surface area contributed by atoms with Crippen LogP contribution < -0.4 is 4.74 Å². The normalized spacial score (nSPS) is 17.0. The summed E-state index contributed by atoms with van der Waals surface area (Å²) in [5, 5.41) is -4.44. The van der Waals surface area contributed by atoms with Crippen LogP contribution in [0.15, 0.2) is 93.5 Å². The number of halogens is 2. The molecule has 0 amide bonds. The SMILES string of the molecule is CC(Oc1ccc([S+](c2ccccc2)c2ccc(C3OCCCO3)cc2)cc1)C(F)(F)S(=O)(=O)O. The van der Waals surface area contributed by atoms with Gasteiger partial charge in [-0.05, 0) is 74.0 Å². The molecular weight excluding hydrogens is 498 g/mol. The molecule has 1 heterocycles. The van der Waals surface area contributed by atoms with Crippen molar-refractivity contribution in [2.45, 2.75) is 45.7 Å². The summed E-state index contributed by atoms with van der Waals surface area (Å²) < 4.78 is 74.9. The monoisotopic (exact) mass is 523 g/mol. The molecule has 10 heteroatoms. The molecule has 1 aliphatic heterocycles. The van der Waals surface area contributed by atoms with E-state index < -0.39 is 32.4 Å². The van der Waals surface area contributed by atoms with Crippen LogP contribution >= 0.6 is 0 Å². The largest absolute Gasteiger partial charge is 0.483 e. The van der Waals surface area contributed by atoms with Crippen LogP contribution in [0.4, 0.5) is 8.78 Å². The van der Waals surface area contributed by atoms with Gasteiger partial charge in [-0.15, -0.1) is 0 Å². The minimum Gasteiger partial charge on any atom is -0.483 e. The summed E-state index contributed by atoms with van der Waals surface area (Å²) >= 11 is 0. The predicted octanol–water partition coefficient (Wildman–Crippen LogP) is 5.47. The molecule has 3 aromatic carbocycles. The second kappa shape index (κ2) is 10.6. The van der Waals surface area contributed by atoms with Gasteiger partial charge in [-0.25, -0.2) is 0 Å². The molecule has 0 spiro atoms. The highest BCUT2D eigenvalue weighted by Gasteiger charge is 2.51. The van der Waals surface area contributed by atoms with Crippen molar-refractivity contribution in [1.29, 1.82) is 0 Å². The van der Waals surface area contributed by atoms with Crippen LogP contribution in [-0.4, -0.2) is 37.5 Å². The fourth-order valence-electron chi connectivity index (χ4n) is 3.54. The number of hydrogen-bond donors (Lipinski definition) is 1. The second-order valence-electron chi connectivity index (χ2n) is 7.88. The van der Waals surface area contributed by atoms with E-state index in [4.69, 9.17) is 18.8 Å². The average molecular weight is 524 g/mol. The Balaban J connectivity index is 1.59. The molecule has 2 atom stereocenters. The molecule has 0 aromatic heterocycles. The van der Waals surface area contributed by atoms with Crippen molar-refractivity contribution in [3.8, 4) is 5.75 Å². The summed E-state index contributed by atoms with van der Waals surface area (Å²) in [6.07, 6.45) is -1.58. The van der Waals surface area contributed by atoms with Crippen LogP contribution in [0.1, 0.15) is 25.2 Å². The number of benzene rings is 3. The molecule has 1 aliphatic rings. The van der Waals surface area contributed by atoms with E-state index in [-0.39, 0.29) is 12.0 Å². The Labute approximate surface area is 205 Å². The second-order valence-corrected chi connectivity index (χ2v) is 11.4. The maximum absolute atomic E-state index is 13.8. The van der Waals surface area contributed by atoms with Gasteiger partial charge in [-0.2, -0.15) is 17.2 Å². The van der Waals surface area contributed by atoms with E-state index in [9.17, 15) is 17.2 Å². The van der Waals surface area contributed by atoms with E-state index in [1.165, 1.54) is 12.1 Å². The summed E-state index contributed by atoms with van der Waals surface area (Å²) in [5.74, 6) is 0.0585. The fraction of sp³-hybridized carbons (Fsp3) is 0.280. The molecule has 2 unspecified atom stereocenters. The molecule has 4 rings (SSSR count). The fourth-order valence-corrected chi connectivity index (χ4v) is 6.07. The molecule has 186 valence electrons. The molecule has 6 nitrogen and oxygen atoms in total. The van der Waals surface area contributed by atoms with Crippen LogP contribution in [0.5, 0.6) is 5.75 Å². The van der Waals surface area contributed by atoms with E-state index >= 15 is 0 Å². The summed E-state index contributed by atoms with van der Waals surface area (Å²) in [5.41, 5.74) is 0.933. The van der Waals surface area contributed by atoms with Crippen molar-refractivity contribution in [3.63, 3.8) is 0 Å². The summed E-state index contributed by atoms with van der Waals surface area (Å²) in [4.78, 5) is 3.01. The van der Waals surface area contributed by atoms with Crippen molar-refractivity contribution in [3.05, 3.63) is 84.4 Å². The molecule has 1 N–H and O–H groups in total. The Hall–Kier alpha value is -2.50. The van der Waals surface area contributed by atoms with Gasteiger partial charge in [0, 0.05) is 5.56 Å². The Morgan fingerprint density at radius 3 is 1.97 bits per heavy atom. The minimum absolute atomic E-state index is 0.0585. The van der Waals surface area contributed by atoms with Gasteiger partial charge in [0.05, 0.1) is 24.1 Å². The van der Waals surface area contributed by atoms with Crippen molar-refractivity contribution in [1.82, 2.24) is 0 Å². The van der Waals surface area contributed by atoms with Crippen LogP contribution in [0.2, 0.25) is 0 Å². The van der Waals surface area contributed by atoms with Gasteiger partial charge in [0.25, 0.3) is 0 Å². The first-order valence-electron chi connectivity index (χ1n) is 10.9. The van der Waals surface area contributed by atoms with Gasteiger partial charge in [-0.3, -0.25) is 4.55 Å². The lowest BCUT2D eigenvalue weighted by molar-refractivity contribution is -0.183. The number of rotatable bonds is 8. The third-order valence-corrected chi connectivity index (χ3v) is 8.63. The van der Waals surface area contributed by atoms with Crippen LogP contribution in [0, 0.1) is 0 Å². The molecule has 0 saturated carbocycles. The Kier molecular flexibility index (Phi) is 7.77. The quantitative estimate of drug-likeness (QED) is 0.312. The Morgan fingerprint density at radius 2 is 1.43 bits per heavy atom. The maximum atomic E-state index is 13.8. The van der Waals surface area contributed by atoms with Crippen molar-refractivity contribution < 1.29 is 36.0 Å². The maximum Gasteiger partial charge on any atom is 0.405 e. The lowest BCUT2D eigenvalue weighted by Crippen LogP contribution is -2.42. The zero-order valence-corrected chi connectivity index (χ0v) is 20.5. The Bertz CT molecular complexity index is 1210. The molecule has 1 saturated heterocycles. The zero-order valence-electron chi connectivity index (χ0n) is 18.8. The first-order chi connectivity index (χ1) is 16.7. The van der Waals surface area contributed by atoms with Gasteiger partial charge in [0.1, 0.15) is 5.75 Å². The standard InChI is InChI=1S/C25H24F2O6S2/c1-18(25(26,27)35(28,29)30)33-20-10-14-23(15-11-20)34(21-6-3-2-4-7-21)22-12-8-19(9-13-22)24-31-16-5-17-32-24/h2-4,6-15,18,24H,5,16-17H2,1H3/p+1. The summed E-state index contributed by atoms with van der Waals surface area (Å²) in [6, 6.07) is 24.4. The molecule has 0 aliphatic carbocycles. The number of hydrogen-bond acceptors (Lipinski definition) is 5. The first-order valence-corrected chi connectivity index (χ1v) is 13.6. The molecule has 0 bridgehead atoms. The van der Waals surface area contributed by atoms with E-state index in [0.717, 1.165) is 33.6 Å². The average Bonchev–Trinajstić information content (AvgIpc) is 2.86. The summed E-state index contributed by atoms with van der Waals surface area (Å²) in [6.45, 7) is 2.20. The highest BCUT2D eigenvalue weighted by molar-refractivity contribution is 7.97. The van der Waals surface area contributed by atoms with Crippen molar-refractivity contribution >= 4 is 21.0 Å². The molecule has 1 fully saturated rings. The topological polar surface area (TPSA) is 82.1 Å². The third-order valence-electron chi connectivity index (χ3n) is 5.38. The van der Waals surface area contributed by atoms with E-state index in [1.807, 2.05) is 54.6 Å². The van der Waals surface area contributed by atoms with Crippen molar-refractivity contribution in [2.75, 3.05) is 13.2 Å². The van der Waals surface area contributed by atoms with Crippen LogP contribution in [0.3, 0.4) is 0 Å². The van der Waals surface area contributed by atoms with Gasteiger partial charge in [0.2, 0.25) is 0 Å². The minimum atomic E-state index is -5.60. The lowest BCUT2D eigenvalue weighted by atomic mass is 10.2. The summed E-state index contributed by atoms with van der Waals surface area (Å²) in [7, 11) is -6.10. The third kappa shape index (κ3) is 5.84. The highest BCUT2D eigenvalue weighted by Crippen LogP contribution is 2.34. The van der Waals surface area contributed by atoms with Crippen molar-refractivity contribution in [2.24, 2.45) is 0 Å². The van der Waals surface area contributed by atoms with Gasteiger partial charge in [-0.1, -0.05) is 18.2 Å². The van der Waals surface area contributed by atoms with Gasteiger partial charge >= 0.3 is 15.4 Å². The van der Waals surface area contributed by atoms with E-state index in [2.05, 4.69) is 0 Å². The van der Waals surface area contributed by atoms with Gasteiger partial charge < -0.3 is 14.2 Å². The lowest BCUT2D eigenvalue weighted by Gasteiger charge is -2.23. The molecule has 3 aromatic rings. The predicted molar refractivity (Wildman–Crippen MR) is 127 cm³/mol. The first kappa shape index (κ1) is 25.6. The van der Waals surface area contributed by atoms with E-state index in [0.29, 0.717) is 13.2 Å². The smallest absolute Gasteiger partial charge is 0.405 e. The number of ether oxygens (including phenoxy) is 3.